The van der Waals surface area contributed by atoms with E-state index in [4.69, 9.17) is 11.6 Å². The highest BCUT2D eigenvalue weighted by Crippen LogP contribution is 2.28. The smallest absolute Gasteiger partial charge is 0.184 e. The lowest BCUT2D eigenvalue weighted by Crippen LogP contribution is -1.98. The van der Waals surface area contributed by atoms with Crippen LogP contribution in [0.4, 0.5) is 5.13 Å². The molecule has 2 nitrogen and oxygen atoms in total. The Morgan fingerprint density at radius 3 is 2.74 bits per heavy atom. The van der Waals surface area contributed by atoms with Crippen molar-refractivity contribution >= 4 is 38.3 Å². The lowest BCUT2D eigenvalue weighted by molar-refractivity contribution is 1.14. The van der Waals surface area contributed by atoms with Crippen molar-refractivity contribution in [3.05, 3.63) is 58.6 Å². The summed E-state index contributed by atoms with van der Waals surface area (Å²) in [7, 11) is 0. The molecule has 1 aromatic heterocycles. The molecule has 96 valence electrons. The van der Waals surface area contributed by atoms with Crippen molar-refractivity contribution in [2.75, 3.05) is 5.32 Å². The van der Waals surface area contributed by atoms with E-state index in [1.54, 1.807) is 11.3 Å². The zero-order valence-corrected chi connectivity index (χ0v) is 12.1. The van der Waals surface area contributed by atoms with Gasteiger partial charge in [-0.1, -0.05) is 52.8 Å². The summed E-state index contributed by atoms with van der Waals surface area (Å²) < 4.78 is 1.11. The maximum atomic E-state index is 5.97. The summed E-state index contributed by atoms with van der Waals surface area (Å²) in [6.45, 7) is 2.88. The zero-order valence-electron chi connectivity index (χ0n) is 10.5. The third-order valence-corrected chi connectivity index (χ3v) is 4.13. The minimum Gasteiger partial charge on any atom is -0.357 e. The minimum absolute atomic E-state index is 0.751. The summed E-state index contributed by atoms with van der Waals surface area (Å²) in [5, 5.41) is 5.03. The first-order chi connectivity index (χ1) is 9.20. The number of benzene rings is 2. The number of hydrogen-bond donors (Lipinski definition) is 1. The van der Waals surface area contributed by atoms with Crippen molar-refractivity contribution in [1.29, 1.82) is 0 Å². The molecule has 4 heteroatoms. The molecule has 0 aliphatic rings. The first kappa shape index (κ1) is 12.5. The van der Waals surface area contributed by atoms with Crippen molar-refractivity contribution in [3.8, 4) is 0 Å². The van der Waals surface area contributed by atoms with Crippen molar-refractivity contribution < 1.29 is 0 Å². The Labute approximate surface area is 121 Å². The molecule has 0 amide bonds. The van der Waals surface area contributed by atoms with Crippen molar-refractivity contribution in [3.63, 3.8) is 0 Å². The van der Waals surface area contributed by atoms with Gasteiger partial charge in [-0.05, 0) is 30.7 Å². The van der Waals surface area contributed by atoms with E-state index in [1.165, 1.54) is 11.1 Å². The maximum absolute atomic E-state index is 5.97. The number of aryl methyl sites for hydroxylation is 1. The fourth-order valence-corrected chi connectivity index (χ4v) is 3.00. The molecule has 2 aromatic carbocycles. The first-order valence-electron chi connectivity index (χ1n) is 6.06. The average molecular weight is 289 g/mol. The molecule has 1 N–H and O–H groups in total. The molecule has 0 atom stereocenters. The molecule has 0 saturated heterocycles. The van der Waals surface area contributed by atoms with Crippen molar-refractivity contribution in [2.24, 2.45) is 0 Å². The van der Waals surface area contributed by atoms with Crippen LogP contribution >= 0.6 is 22.9 Å². The molecular formula is C15H13ClN2S. The van der Waals surface area contributed by atoms with Crippen LogP contribution in [0.25, 0.3) is 10.2 Å². The fourth-order valence-electron chi connectivity index (χ4n) is 1.86. The molecule has 0 aliphatic carbocycles. The number of thiazole rings is 1. The molecule has 3 rings (SSSR count). The second kappa shape index (κ2) is 5.19. The third kappa shape index (κ3) is 2.88. The van der Waals surface area contributed by atoms with Gasteiger partial charge in [-0.25, -0.2) is 4.98 Å². The highest BCUT2D eigenvalue weighted by Gasteiger charge is 2.03. The Kier molecular flexibility index (Phi) is 3.40. The van der Waals surface area contributed by atoms with Gasteiger partial charge in [0.2, 0.25) is 0 Å². The summed E-state index contributed by atoms with van der Waals surface area (Å²) in [6.07, 6.45) is 0. The summed E-state index contributed by atoms with van der Waals surface area (Å²) in [4.78, 5) is 4.54. The maximum Gasteiger partial charge on any atom is 0.184 e. The molecule has 0 radical (unpaired) electrons. The highest BCUT2D eigenvalue weighted by atomic mass is 35.5. The quantitative estimate of drug-likeness (QED) is 0.744. The van der Waals surface area contributed by atoms with E-state index in [0.717, 1.165) is 26.9 Å². The van der Waals surface area contributed by atoms with Crippen LogP contribution in [0.3, 0.4) is 0 Å². The van der Waals surface area contributed by atoms with E-state index >= 15 is 0 Å². The van der Waals surface area contributed by atoms with Crippen molar-refractivity contribution in [1.82, 2.24) is 4.98 Å². The molecule has 0 fully saturated rings. The lowest BCUT2D eigenvalue weighted by atomic mass is 10.1. The Hall–Kier alpha value is -1.58. The van der Waals surface area contributed by atoms with Gasteiger partial charge in [0.05, 0.1) is 10.2 Å². The normalized spacial score (nSPS) is 10.8. The summed E-state index contributed by atoms with van der Waals surface area (Å²) >= 11 is 7.60. The van der Waals surface area contributed by atoms with Crippen LogP contribution in [0.5, 0.6) is 0 Å². The van der Waals surface area contributed by atoms with Crippen LogP contribution in [0.2, 0.25) is 5.02 Å². The van der Waals surface area contributed by atoms with E-state index in [1.807, 2.05) is 18.2 Å². The summed E-state index contributed by atoms with van der Waals surface area (Å²) in [5.74, 6) is 0. The van der Waals surface area contributed by atoms with Crippen molar-refractivity contribution in [2.45, 2.75) is 13.5 Å². The van der Waals surface area contributed by atoms with Crippen LogP contribution in [0, 0.1) is 6.92 Å². The Bertz CT molecular complexity index is 704. The summed E-state index contributed by atoms with van der Waals surface area (Å²) in [5.41, 5.74) is 3.52. The SMILES string of the molecule is Cc1ccc(CNc2nc3ccc(Cl)cc3s2)cc1. The van der Waals surface area contributed by atoms with Gasteiger partial charge >= 0.3 is 0 Å². The monoisotopic (exact) mass is 288 g/mol. The van der Waals surface area contributed by atoms with Gasteiger partial charge in [-0.15, -0.1) is 0 Å². The summed E-state index contributed by atoms with van der Waals surface area (Å²) in [6, 6.07) is 14.3. The van der Waals surface area contributed by atoms with Gasteiger partial charge in [0.25, 0.3) is 0 Å². The van der Waals surface area contributed by atoms with Gasteiger partial charge in [0, 0.05) is 11.6 Å². The number of rotatable bonds is 3. The third-order valence-electron chi connectivity index (χ3n) is 2.91. The Morgan fingerprint density at radius 1 is 1.16 bits per heavy atom. The number of nitrogens with one attached hydrogen (secondary N) is 1. The number of hydrogen-bond acceptors (Lipinski definition) is 3. The van der Waals surface area contributed by atoms with Crippen LogP contribution in [-0.4, -0.2) is 4.98 Å². The lowest BCUT2D eigenvalue weighted by Gasteiger charge is -2.02. The molecule has 0 saturated carbocycles. The van der Waals surface area contributed by atoms with E-state index in [2.05, 4.69) is 41.5 Å². The topological polar surface area (TPSA) is 24.9 Å². The molecule has 19 heavy (non-hydrogen) atoms. The van der Waals surface area contributed by atoms with Gasteiger partial charge in [0.1, 0.15) is 0 Å². The van der Waals surface area contributed by atoms with Gasteiger partial charge in [0.15, 0.2) is 5.13 Å². The molecule has 1 heterocycles. The van der Waals surface area contributed by atoms with Gasteiger partial charge in [-0.3, -0.25) is 0 Å². The average Bonchev–Trinajstić information content (AvgIpc) is 2.80. The number of aromatic nitrogens is 1. The predicted molar refractivity (Wildman–Crippen MR) is 83.1 cm³/mol. The second-order valence-corrected chi connectivity index (χ2v) is 5.94. The molecule has 0 unspecified atom stereocenters. The van der Waals surface area contributed by atoms with Crippen LogP contribution in [0.15, 0.2) is 42.5 Å². The van der Waals surface area contributed by atoms with E-state index in [-0.39, 0.29) is 0 Å². The molecule has 3 aromatic rings. The zero-order chi connectivity index (χ0) is 13.2. The fraction of sp³-hybridized carbons (Fsp3) is 0.133. The molecule has 0 aliphatic heterocycles. The Morgan fingerprint density at radius 2 is 1.95 bits per heavy atom. The number of fused-ring (bicyclic) bond motifs is 1. The highest BCUT2D eigenvalue weighted by molar-refractivity contribution is 7.22. The second-order valence-electron chi connectivity index (χ2n) is 4.47. The van der Waals surface area contributed by atoms with Crippen LogP contribution < -0.4 is 5.32 Å². The van der Waals surface area contributed by atoms with Crippen LogP contribution in [-0.2, 0) is 6.54 Å². The molecule has 0 spiro atoms. The van der Waals surface area contributed by atoms with E-state index in [9.17, 15) is 0 Å². The number of nitrogens with zero attached hydrogens (tertiary/aromatic N) is 1. The number of halogens is 1. The Balaban J connectivity index is 1.76. The van der Waals surface area contributed by atoms with E-state index < -0.39 is 0 Å². The molecule has 0 bridgehead atoms. The van der Waals surface area contributed by atoms with Crippen LogP contribution in [0.1, 0.15) is 11.1 Å². The standard InChI is InChI=1S/C15H13ClN2S/c1-10-2-4-11(5-3-10)9-17-15-18-13-7-6-12(16)8-14(13)19-15/h2-8H,9H2,1H3,(H,17,18). The largest absolute Gasteiger partial charge is 0.357 e. The number of anilines is 1. The first-order valence-corrected chi connectivity index (χ1v) is 7.26. The van der Waals surface area contributed by atoms with Gasteiger partial charge in [-0.2, -0.15) is 0 Å². The minimum atomic E-state index is 0.751. The van der Waals surface area contributed by atoms with E-state index in [0.29, 0.717) is 0 Å². The predicted octanol–water partition coefficient (Wildman–Crippen LogP) is 4.87. The molecular weight excluding hydrogens is 276 g/mol. The van der Waals surface area contributed by atoms with Gasteiger partial charge < -0.3 is 5.32 Å².